The average Bonchev–Trinajstić information content (AvgIpc) is 1.83. The minimum atomic E-state index is -5.23. The van der Waals surface area contributed by atoms with Crippen LogP contribution in [0.15, 0.2) is 10.7 Å². The van der Waals surface area contributed by atoms with E-state index in [2.05, 4.69) is 0 Å². The van der Waals surface area contributed by atoms with Crippen LogP contribution in [0.4, 0.5) is 13.2 Å². The van der Waals surface area contributed by atoms with E-state index in [9.17, 15) is 21.6 Å². The van der Waals surface area contributed by atoms with E-state index in [-0.39, 0.29) is 31.0 Å². The molecule has 0 aliphatic carbocycles. The predicted molar refractivity (Wildman–Crippen MR) is 37.3 cm³/mol. The summed E-state index contributed by atoms with van der Waals surface area (Å²) in [6.07, 6.45) is -4.83. The summed E-state index contributed by atoms with van der Waals surface area (Å²) >= 11 is 0. The van der Waals surface area contributed by atoms with Crippen molar-refractivity contribution in [3.05, 3.63) is 10.7 Å². The van der Waals surface area contributed by atoms with E-state index in [0.717, 1.165) is 6.07 Å². The van der Waals surface area contributed by atoms with Gasteiger partial charge >= 0.3 is 35.7 Å². The van der Waals surface area contributed by atoms with Gasteiger partial charge in [-0.3, -0.25) is 0 Å². The second kappa shape index (κ2) is 5.02. The van der Waals surface area contributed by atoms with E-state index >= 15 is 0 Å². The van der Waals surface area contributed by atoms with Crippen molar-refractivity contribution in [1.82, 2.24) is 0 Å². The standard InChI is InChI=1S/C5H4F3NO3S.Na.H/c1-13(11,12)3(2-9)4(10)5(6,7)8;;/h10H,1H3;;/q;+1;-1/b4-3+;;. The number of nitriles is 1. The van der Waals surface area contributed by atoms with Gasteiger partial charge in [0.15, 0.2) is 14.7 Å². The summed E-state index contributed by atoms with van der Waals surface area (Å²) in [7, 11) is -4.35. The number of hydrogen-bond acceptors (Lipinski definition) is 4. The maximum absolute atomic E-state index is 11.7. The topological polar surface area (TPSA) is 78.2 Å². The molecule has 0 amide bonds. The molecule has 0 aliphatic rings. The summed E-state index contributed by atoms with van der Waals surface area (Å²) < 4.78 is 56.1. The van der Waals surface area contributed by atoms with E-state index in [1.807, 2.05) is 0 Å². The number of rotatable bonds is 1. The largest absolute Gasteiger partial charge is 1.00 e. The van der Waals surface area contributed by atoms with Crippen LogP contribution in [0.3, 0.4) is 0 Å². The van der Waals surface area contributed by atoms with E-state index in [4.69, 9.17) is 10.4 Å². The van der Waals surface area contributed by atoms with Crippen LogP contribution in [-0.4, -0.2) is 26.0 Å². The van der Waals surface area contributed by atoms with Gasteiger partial charge in [0.25, 0.3) is 0 Å². The fourth-order valence-electron chi connectivity index (χ4n) is 0.440. The molecule has 1 N–H and O–H groups in total. The van der Waals surface area contributed by atoms with Crippen molar-refractivity contribution in [3.63, 3.8) is 0 Å². The number of aliphatic hydroxyl groups excluding tert-OH is 1. The molecule has 0 aromatic rings. The summed E-state index contributed by atoms with van der Waals surface area (Å²) in [5, 5.41) is 16.4. The first-order valence-corrected chi connectivity index (χ1v) is 4.60. The maximum atomic E-state index is 11.7. The molecule has 4 nitrogen and oxygen atoms in total. The monoisotopic (exact) mass is 239 g/mol. The van der Waals surface area contributed by atoms with Crippen LogP contribution < -0.4 is 29.6 Å². The van der Waals surface area contributed by atoms with Crippen LogP contribution in [0.25, 0.3) is 0 Å². The molecule has 0 saturated heterocycles. The third-order valence-corrected chi connectivity index (χ3v) is 1.98. The molecule has 0 unspecified atom stereocenters. The molecule has 0 heterocycles. The fraction of sp³-hybridized carbons (Fsp3) is 0.400. The van der Waals surface area contributed by atoms with Gasteiger partial charge in [0, 0.05) is 6.26 Å². The third kappa shape index (κ3) is 4.32. The number of allylic oxidation sites excluding steroid dienone is 2. The van der Waals surface area contributed by atoms with Crippen LogP contribution >= 0.6 is 0 Å². The molecule has 76 valence electrons. The molecular formula is C5H5F3NNaO3S. The number of sulfone groups is 1. The molecular weight excluding hydrogens is 234 g/mol. The molecule has 0 aromatic heterocycles. The van der Waals surface area contributed by atoms with Crippen molar-refractivity contribution in [2.75, 3.05) is 6.26 Å². The fourth-order valence-corrected chi connectivity index (χ4v) is 1.07. The third-order valence-electron chi connectivity index (χ3n) is 0.956. The zero-order valence-corrected chi connectivity index (χ0v) is 10.1. The van der Waals surface area contributed by atoms with Crippen LogP contribution in [0.2, 0.25) is 0 Å². The summed E-state index contributed by atoms with van der Waals surface area (Å²) in [5.41, 5.74) is 0. The van der Waals surface area contributed by atoms with Gasteiger partial charge in [0.1, 0.15) is 6.07 Å². The van der Waals surface area contributed by atoms with E-state index < -0.39 is 26.7 Å². The van der Waals surface area contributed by atoms with Gasteiger partial charge in [-0.1, -0.05) is 0 Å². The molecule has 0 saturated carbocycles. The van der Waals surface area contributed by atoms with Gasteiger partial charge in [-0.2, -0.15) is 18.4 Å². The van der Waals surface area contributed by atoms with Crippen LogP contribution in [-0.2, 0) is 9.84 Å². The van der Waals surface area contributed by atoms with Gasteiger partial charge in [-0.05, 0) is 0 Å². The SMILES string of the molecule is CS(=O)(=O)/C(C#N)=C(/O)C(F)(F)F.[H-].[Na+]. The average molecular weight is 239 g/mol. The Balaban J connectivity index is -0.000000720. The minimum Gasteiger partial charge on any atom is -1.00 e. The normalized spacial score (nSPS) is 13.6. The summed E-state index contributed by atoms with van der Waals surface area (Å²) in [4.78, 5) is -1.68. The molecule has 0 aliphatic heterocycles. The molecule has 0 rings (SSSR count). The van der Waals surface area contributed by atoms with Gasteiger partial charge in [0.2, 0.25) is 5.76 Å². The van der Waals surface area contributed by atoms with Crippen molar-refractivity contribution < 1.29 is 57.7 Å². The van der Waals surface area contributed by atoms with Gasteiger partial charge in [-0.15, -0.1) is 0 Å². The zero-order chi connectivity index (χ0) is 10.9. The van der Waals surface area contributed by atoms with Gasteiger partial charge < -0.3 is 6.53 Å². The number of halogens is 3. The summed E-state index contributed by atoms with van der Waals surface area (Å²) in [6, 6.07) is 0.770. The first-order valence-electron chi connectivity index (χ1n) is 2.71. The van der Waals surface area contributed by atoms with Crippen molar-refractivity contribution in [2.45, 2.75) is 6.18 Å². The Kier molecular flexibility index (Phi) is 5.81. The predicted octanol–water partition coefficient (Wildman–Crippen LogP) is -2.00. The first kappa shape index (κ1) is 16.2. The first-order chi connectivity index (χ1) is 5.60. The number of nitrogens with zero attached hydrogens (tertiary/aromatic N) is 1. The quantitative estimate of drug-likeness (QED) is 0.326. The van der Waals surface area contributed by atoms with Crippen LogP contribution in [0, 0.1) is 11.3 Å². The molecule has 0 radical (unpaired) electrons. The number of alkyl halides is 3. The molecule has 0 spiro atoms. The van der Waals surface area contributed by atoms with Crippen molar-refractivity contribution in [2.24, 2.45) is 0 Å². The Morgan fingerprint density at radius 3 is 1.93 bits per heavy atom. The smallest absolute Gasteiger partial charge is 1.00 e. The van der Waals surface area contributed by atoms with Crippen LogP contribution in [0.1, 0.15) is 1.43 Å². The van der Waals surface area contributed by atoms with Gasteiger partial charge in [-0.25, -0.2) is 8.42 Å². The molecule has 0 aromatic carbocycles. The number of hydrogen-bond donors (Lipinski definition) is 1. The Hall–Kier alpha value is -0.230. The Morgan fingerprint density at radius 2 is 1.86 bits per heavy atom. The van der Waals surface area contributed by atoms with E-state index in [1.54, 1.807) is 0 Å². The van der Waals surface area contributed by atoms with Gasteiger partial charge in [0.05, 0.1) is 0 Å². The Bertz CT molecular complexity index is 383. The van der Waals surface area contributed by atoms with E-state index in [1.165, 1.54) is 0 Å². The van der Waals surface area contributed by atoms with Crippen molar-refractivity contribution in [3.8, 4) is 6.07 Å². The van der Waals surface area contributed by atoms with Crippen molar-refractivity contribution in [1.29, 1.82) is 5.26 Å². The Labute approximate surface area is 102 Å². The number of aliphatic hydroxyl groups is 1. The second-order valence-corrected chi connectivity index (χ2v) is 4.01. The Morgan fingerprint density at radius 1 is 1.50 bits per heavy atom. The molecule has 14 heavy (non-hydrogen) atoms. The molecule has 0 bridgehead atoms. The summed E-state index contributed by atoms with van der Waals surface area (Å²) in [5.74, 6) is -2.39. The summed E-state index contributed by atoms with van der Waals surface area (Å²) in [6.45, 7) is 0. The van der Waals surface area contributed by atoms with Crippen molar-refractivity contribution >= 4 is 9.84 Å². The van der Waals surface area contributed by atoms with Crippen LogP contribution in [0.5, 0.6) is 0 Å². The van der Waals surface area contributed by atoms with E-state index in [0.29, 0.717) is 6.26 Å². The molecule has 0 atom stereocenters. The minimum absolute atomic E-state index is 0. The molecule has 9 heteroatoms. The zero-order valence-electron chi connectivity index (χ0n) is 8.25. The second-order valence-electron chi connectivity index (χ2n) is 2.06. The maximum Gasteiger partial charge on any atom is 1.00 e. The molecule has 0 fully saturated rings.